The van der Waals surface area contributed by atoms with Crippen LogP contribution >= 0.6 is 0 Å². The van der Waals surface area contributed by atoms with Gasteiger partial charge in [-0.25, -0.2) is 4.68 Å². The van der Waals surface area contributed by atoms with Crippen LogP contribution in [-0.4, -0.2) is 41.2 Å². The lowest BCUT2D eigenvalue weighted by atomic mass is 10.2. The van der Waals surface area contributed by atoms with Crippen LogP contribution in [0.3, 0.4) is 0 Å². The third-order valence-electron chi connectivity index (χ3n) is 4.02. The number of benzene rings is 1. The van der Waals surface area contributed by atoms with Crippen LogP contribution in [0.25, 0.3) is 11.8 Å². The molecule has 0 aliphatic rings. The Morgan fingerprint density at radius 3 is 2.77 bits per heavy atom. The number of likely N-dealkylation sites (N-methyl/N-ethyl adjacent to an activating group) is 1. The Balaban J connectivity index is 1.57. The highest BCUT2D eigenvalue weighted by Gasteiger charge is 2.17. The standard InChI is InChI=1S/C20H22N4O2/c1-23(2)18(19-9-6-12-26-19)14-21-20(25)11-10-16-13-22-24(15-16)17-7-4-3-5-8-17/h3-13,15,18H,14H2,1-2H3,(H,21,25)/b11-10+. The van der Waals surface area contributed by atoms with Gasteiger partial charge in [0.2, 0.25) is 5.91 Å². The normalized spacial score (nSPS) is 12.6. The van der Waals surface area contributed by atoms with Crippen LogP contribution in [-0.2, 0) is 4.79 Å². The lowest BCUT2D eigenvalue weighted by molar-refractivity contribution is -0.116. The van der Waals surface area contributed by atoms with Gasteiger partial charge in [0.25, 0.3) is 0 Å². The van der Waals surface area contributed by atoms with Crippen molar-refractivity contribution in [3.05, 3.63) is 78.5 Å². The zero-order valence-electron chi connectivity index (χ0n) is 14.9. The van der Waals surface area contributed by atoms with Crippen LogP contribution in [0.1, 0.15) is 17.4 Å². The number of amides is 1. The van der Waals surface area contributed by atoms with Gasteiger partial charge >= 0.3 is 0 Å². The molecule has 26 heavy (non-hydrogen) atoms. The first-order valence-electron chi connectivity index (χ1n) is 8.39. The number of nitrogens with one attached hydrogen (secondary N) is 1. The minimum Gasteiger partial charge on any atom is -0.468 e. The monoisotopic (exact) mass is 350 g/mol. The van der Waals surface area contributed by atoms with Crippen molar-refractivity contribution in [2.24, 2.45) is 0 Å². The first-order chi connectivity index (χ1) is 12.6. The van der Waals surface area contributed by atoms with Gasteiger partial charge in [0.15, 0.2) is 0 Å². The van der Waals surface area contributed by atoms with Crippen molar-refractivity contribution >= 4 is 12.0 Å². The number of rotatable bonds is 7. The van der Waals surface area contributed by atoms with E-state index in [1.807, 2.05) is 67.7 Å². The van der Waals surface area contributed by atoms with Crippen LogP contribution in [0.15, 0.2) is 71.6 Å². The molecule has 3 aromatic rings. The lowest BCUT2D eigenvalue weighted by Gasteiger charge is -2.22. The van der Waals surface area contributed by atoms with Gasteiger partial charge in [0.05, 0.1) is 24.2 Å². The number of nitrogens with zero attached hydrogens (tertiary/aromatic N) is 3. The molecule has 6 heteroatoms. The molecule has 6 nitrogen and oxygen atoms in total. The molecule has 1 unspecified atom stereocenters. The van der Waals surface area contributed by atoms with E-state index >= 15 is 0 Å². The van der Waals surface area contributed by atoms with Gasteiger partial charge in [0, 0.05) is 24.4 Å². The summed E-state index contributed by atoms with van der Waals surface area (Å²) in [5.41, 5.74) is 1.84. The number of aromatic nitrogens is 2. The number of carbonyl (C=O) groups excluding carboxylic acids is 1. The van der Waals surface area contributed by atoms with E-state index in [1.54, 1.807) is 23.2 Å². The van der Waals surface area contributed by atoms with Crippen LogP contribution in [0.4, 0.5) is 0 Å². The lowest BCUT2D eigenvalue weighted by Crippen LogP contribution is -2.33. The highest BCUT2D eigenvalue weighted by Crippen LogP contribution is 2.17. The molecule has 2 aromatic heterocycles. The molecule has 0 saturated carbocycles. The Morgan fingerprint density at radius 2 is 2.08 bits per heavy atom. The Bertz CT molecular complexity index is 851. The predicted molar refractivity (Wildman–Crippen MR) is 101 cm³/mol. The molecule has 0 aliphatic heterocycles. The minimum atomic E-state index is -0.157. The van der Waals surface area contributed by atoms with E-state index in [4.69, 9.17) is 4.42 Å². The highest BCUT2D eigenvalue weighted by atomic mass is 16.3. The maximum Gasteiger partial charge on any atom is 0.244 e. The summed E-state index contributed by atoms with van der Waals surface area (Å²) >= 11 is 0. The first-order valence-corrected chi connectivity index (χ1v) is 8.39. The van der Waals surface area contributed by atoms with Crippen LogP contribution in [0.2, 0.25) is 0 Å². The average Bonchev–Trinajstić information content (AvgIpc) is 3.33. The quantitative estimate of drug-likeness (QED) is 0.666. The summed E-state index contributed by atoms with van der Waals surface area (Å²) < 4.78 is 7.22. The summed E-state index contributed by atoms with van der Waals surface area (Å²) in [5, 5.41) is 7.22. The fourth-order valence-electron chi connectivity index (χ4n) is 2.59. The molecule has 3 rings (SSSR count). The largest absolute Gasteiger partial charge is 0.468 e. The van der Waals surface area contributed by atoms with E-state index in [1.165, 1.54) is 6.08 Å². The summed E-state index contributed by atoms with van der Waals surface area (Å²) in [5.74, 6) is 0.666. The van der Waals surface area contributed by atoms with E-state index in [0.717, 1.165) is 17.0 Å². The van der Waals surface area contributed by atoms with Crippen LogP contribution in [0.5, 0.6) is 0 Å². The summed E-state index contributed by atoms with van der Waals surface area (Å²) in [6, 6.07) is 13.6. The summed E-state index contributed by atoms with van der Waals surface area (Å²) in [6.07, 6.45) is 8.51. The molecule has 2 heterocycles. The van der Waals surface area contributed by atoms with E-state index in [0.29, 0.717) is 6.54 Å². The molecule has 134 valence electrons. The Morgan fingerprint density at radius 1 is 1.27 bits per heavy atom. The molecule has 0 aliphatic carbocycles. The van der Waals surface area contributed by atoms with Crippen LogP contribution in [0, 0.1) is 0 Å². The predicted octanol–water partition coefficient (Wildman–Crippen LogP) is 2.90. The number of hydrogen-bond donors (Lipinski definition) is 1. The second-order valence-corrected chi connectivity index (χ2v) is 6.13. The number of hydrogen-bond acceptors (Lipinski definition) is 4. The van der Waals surface area contributed by atoms with Crippen molar-refractivity contribution in [1.29, 1.82) is 0 Å². The van der Waals surface area contributed by atoms with E-state index < -0.39 is 0 Å². The number of furan rings is 1. The molecule has 0 spiro atoms. The molecular formula is C20H22N4O2. The SMILES string of the molecule is CN(C)C(CNC(=O)/C=C/c1cnn(-c2ccccc2)c1)c1ccco1. The smallest absolute Gasteiger partial charge is 0.244 e. The van der Waals surface area contributed by atoms with E-state index in [2.05, 4.69) is 10.4 Å². The Hall–Kier alpha value is -3.12. The number of carbonyl (C=O) groups is 1. The van der Waals surface area contributed by atoms with Gasteiger partial charge in [-0.15, -0.1) is 0 Å². The second-order valence-electron chi connectivity index (χ2n) is 6.13. The maximum absolute atomic E-state index is 12.1. The molecule has 1 N–H and O–H groups in total. The zero-order valence-corrected chi connectivity index (χ0v) is 14.9. The van der Waals surface area contributed by atoms with Crippen molar-refractivity contribution in [3.63, 3.8) is 0 Å². The molecule has 0 fully saturated rings. The van der Waals surface area contributed by atoms with E-state index in [-0.39, 0.29) is 11.9 Å². The Kier molecular flexibility index (Phi) is 5.66. The van der Waals surface area contributed by atoms with Gasteiger partial charge in [-0.1, -0.05) is 18.2 Å². The zero-order chi connectivity index (χ0) is 18.4. The van der Waals surface area contributed by atoms with E-state index in [9.17, 15) is 4.79 Å². The van der Waals surface area contributed by atoms with Crippen molar-refractivity contribution in [2.45, 2.75) is 6.04 Å². The average molecular weight is 350 g/mol. The maximum atomic E-state index is 12.1. The second kappa shape index (κ2) is 8.31. The van der Waals surface area contributed by atoms with Gasteiger partial charge in [-0.2, -0.15) is 5.10 Å². The molecular weight excluding hydrogens is 328 g/mol. The summed E-state index contributed by atoms with van der Waals surface area (Å²) in [7, 11) is 3.90. The van der Waals surface area contributed by atoms with Crippen molar-refractivity contribution in [2.75, 3.05) is 20.6 Å². The molecule has 0 radical (unpaired) electrons. The minimum absolute atomic E-state index is 0.0109. The van der Waals surface area contributed by atoms with Crippen molar-refractivity contribution in [3.8, 4) is 5.69 Å². The third-order valence-corrected chi connectivity index (χ3v) is 4.02. The van der Waals surface area contributed by atoms with Gasteiger partial charge < -0.3 is 9.73 Å². The molecule has 0 bridgehead atoms. The Labute approximate surface area is 152 Å². The van der Waals surface area contributed by atoms with Crippen molar-refractivity contribution < 1.29 is 9.21 Å². The molecule has 1 amide bonds. The third kappa shape index (κ3) is 4.49. The summed E-state index contributed by atoms with van der Waals surface area (Å²) in [6.45, 7) is 0.465. The number of para-hydroxylation sites is 1. The van der Waals surface area contributed by atoms with Gasteiger partial charge in [-0.3, -0.25) is 9.69 Å². The van der Waals surface area contributed by atoms with Crippen molar-refractivity contribution in [1.82, 2.24) is 20.0 Å². The first kappa shape index (κ1) is 17.7. The molecule has 1 atom stereocenters. The topological polar surface area (TPSA) is 63.3 Å². The fourth-order valence-corrected chi connectivity index (χ4v) is 2.59. The molecule has 1 aromatic carbocycles. The fraction of sp³-hybridized carbons (Fsp3) is 0.200. The van der Waals surface area contributed by atoms with Gasteiger partial charge in [-0.05, 0) is 44.4 Å². The van der Waals surface area contributed by atoms with Crippen LogP contribution < -0.4 is 5.32 Å². The van der Waals surface area contributed by atoms with Gasteiger partial charge in [0.1, 0.15) is 5.76 Å². The highest BCUT2D eigenvalue weighted by molar-refractivity contribution is 5.91. The molecule has 0 saturated heterocycles. The summed E-state index contributed by atoms with van der Waals surface area (Å²) in [4.78, 5) is 14.1.